The van der Waals surface area contributed by atoms with Crippen molar-refractivity contribution >= 4 is 27.4 Å². The summed E-state index contributed by atoms with van der Waals surface area (Å²) in [7, 11) is 0. The number of carbonyl (C=O) groups is 1. The van der Waals surface area contributed by atoms with Crippen LogP contribution in [0.3, 0.4) is 0 Å². The second-order valence-electron chi connectivity index (χ2n) is 9.82. The lowest BCUT2D eigenvalue weighted by Crippen LogP contribution is -2.38. The minimum atomic E-state index is -1.29. The summed E-state index contributed by atoms with van der Waals surface area (Å²) in [5.74, 6) is 1.90. The Kier molecular flexibility index (Phi) is 12.0. The molecule has 4 unspecified atom stereocenters. The molecule has 1 aromatic carbocycles. The second kappa shape index (κ2) is 15.2. The monoisotopic (exact) mass is 560 g/mol. The summed E-state index contributed by atoms with van der Waals surface area (Å²) in [6.45, 7) is 7.45. The molecular formula is C30H40O8S. The first-order valence-corrected chi connectivity index (χ1v) is 14.3. The normalized spacial score (nSPS) is 14.6. The van der Waals surface area contributed by atoms with Gasteiger partial charge in [0, 0.05) is 23.6 Å². The highest BCUT2D eigenvalue weighted by Gasteiger charge is 2.25. The van der Waals surface area contributed by atoms with Crippen molar-refractivity contribution in [1.29, 1.82) is 0 Å². The molecule has 0 aliphatic rings. The van der Waals surface area contributed by atoms with E-state index in [1.807, 2.05) is 12.1 Å². The highest BCUT2D eigenvalue weighted by atomic mass is 32.1. The van der Waals surface area contributed by atoms with Crippen molar-refractivity contribution in [2.24, 2.45) is 0 Å². The maximum Gasteiger partial charge on any atom is 0.330 e. The molecule has 8 nitrogen and oxygen atoms in total. The van der Waals surface area contributed by atoms with Crippen LogP contribution in [0.1, 0.15) is 56.8 Å². The van der Waals surface area contributed by atoms with E-state index in [-0.39, 0.29) is 26.1 Å². The molecule has 0 bridgehead atoms. The Morgan fingerprint density at radius 1 is 1.05 bits per heavy atom. The average molecular weight is 561 g/mol. The first-order valence-electron chi connectivity index (χ1n) is 13.5. The quantitative estimate of drug-likeness (QED) is 0.104. The van der Waals surface area contributed by atoms with E-state index in [0.29, 0.717) is 12.2 Å². The van der Waals surface area contributed by atoms with E-state index in [9.17, 15) is 25.2 Å². The van der Waals surface area contributed by atoms with Crippen molar-refractivity contribution in [3.63, 3.8) is 0 Å². The molecular weight excluding hydrogens is 520 g/mol. The summed E-state index contributed by atoms with van der Waals surface area (Å²) >= 11 is 1.60. The van der Waals surface area contributed by atoms with Gasteiger partial charge in [0.25, 0.3) is 0 Å². The first-order chi connectivity index (χ1) is 18.7. The molecule has 2 aromatic heterocycles. The molecule has 0 radical (unpaired) electrons. The van der Waals surface area contributed by atoms with E-state index >= 15 is 0 Å². The number of aliphatic hydroxyl groups excluding tert-OH is 4. The van der Waals surface area contributed by atoms with Gasteiger partial charge < -0.3 is 34.3 Å². The van der Waals surface area contributed by atoms with E-state index in [0.717, 1.165) is 51.0 Å². The summed E-state index contributed by atoms with van der Waals surface area (Å²) < 4.78 is 17.7. The van der Waals surface area contributed by atoms with Crippen LogP contribution < -0.4 is 4.74 Å². The van der Waals surface area contributed by atoms with Crippen LogP contribution in [0.4, 0.5) is 0 Å². The van der Waals surface area contributed by atoms with Crippen molar-refractivity contribution < 1.29 is 39.1 Å². The number of fused-ring (bicyclic) bond motifs is 1. The second-order valence-corrected chi connectivity index (χ2v) is 10.9. The van der Waals surface area contributed by atoms with Gasteiger partial charge in [0.1, 0.15) is 30.0 Å². The molecule has 0 saturated heterocycles. The van der Waals surface area contributed by atoms with Crippen LogP contribution in [0.15, 0.2) is 47.4 Å². The van der Waals surface area contributed by atoms with Gasteiger partial charge in [-0.2, -0.15) is 0 Å². The third-order valence-corrected chi connectivity index (χ3v) is 7.65. The van der Waals surface area contributed by atoms with E-state index in [1.54, 1.807) is 17.4 Å². The number of esters is 1. The van der Waals surface area contributed by atoms with E-state index in [2.05, 4.69) is 32.6 Å². The number of aliphatic hydroxyl groups is 4. The van der Waals surface area contributed by atoms with Gasteiger partial charge in [-0.15, -0.1) is 11.3 Å². The van der Waals surface area contributed by atoms with E-state index in [1.165, 1.54) is 12.8 Å². The van der Waals surface area contributed by atoms with Crippen molar-refractivity contribution in [2.45, 2.75) is 83.2 Å². The zero-order valence-corrected chi connectivity index (χ0v) is 23.5. The van der Waals surface area contributed by atoms with Crippen LogP contribution >= 0.6 is 11.3 Å². The Labute approximate surface area is 233 Å². The number of thiophene rings is 1. The van der Waals surface area contributed by atoms with Crippen molar-refractivity contribution in [2.75, 3.05) is 13.2 Å². The molecule has 3 aromatic rings. The molecule has 4 N–H and O–H groups in total. The van der Waals surface area contributed by atoms with Crippen LogP contribution in [-0.4, -0.2) is 64.0 Å². The summed E-state index contributed by atoms with van der Waals surface area (Å²) in [4.78, 5) is 12.1. The number of rotatable bonds is 17. The molecule has 3 rings (SSSR count). The summed E-state index contributed by atoms with van der Waals surface area (Å²) in [6, 6.07) is 9.86. The number of furan rings is 1. The molecule has 214 valence electrons. The zero-order valence-electron chi connectivity index (χ0n) is 22.7. The van der Waals surface area contributed by atoms with Crippen molar-refractivity contribution in [1.82, 2.24) is 0 Å². The van der Waals surface area contributed by atoms with Crippen molar-refractivity contribution in [3.8, 4) is 16.4 Å². The lowest BCUT2D eigenvalue weighted by Gasteiger charge is -2.23. The van der Waals surface area contributed by atoms with Crippen LogP contribution in [0.2, 0.25) is 0 Å². The predicted octanol–water partition coefficient (Wildman–Crippen LogP) is 4.92. The highest BCUT2D eigenvalue weighted by molar-refractivity contribution is 7.22. The fraction of sp³-hybridized carbons (Fsp3) is 0.500. The maximum absolute atomic E-state index is 11.0. The number of benzene rings is 1. The van der Waals surface area contributed by atoms with Gasteiger partial charge in [0.15, 0.2) is 0 Å². The zero-order chi connectivity index (χ0) is 28.4. The Balaban J connectivity index is 1.50. The van der Waals surface area contributed by atoms with Gasteiger partial charge in [-0.1, -0.05) is 26.3 Å². The molecule has 0 fully saturated rings. The number of hydrogen-bond donors (Lipinski definition) is 4. The molecule has 0 aliphatic heterocycles. The third-order valence-electron chi connectivity index (χ3n) is 6.56. The Hall–Kier alpha value is -2.69. The average Bonchev–Trinajstić information content (AvgIpc) is 3.51. The lowest BCUT2D eigenvalue weighted by molar-refractivity contribution is -0.138. The Morgan fingerprint density at radius 3 is 2.56 bits per heavy atom. The van der Waals surface area contributed by atoms with Gasteiger partial charge in [-0.3, -0.25) is 0 Å². The van der Waals surface area contributed by atoms with Crippen LogP contribution in [0, 0.1) is 6.92 Å². The molecule has 4 atom stereocenters. The molecule has 2 heterocycles. The minimum Gasteiger partial charge on any atom is -0.491 e. The lowest BCUT2D eigenvalue weighted by atomic mass is 10.0. The van der Waals surface area contributed by atoms with Gasteiger partial charge in [0.05, 0.1) is 29.8 Å². The van der Waals surface area contributed by atoms with Crippen molar-refractivity contribution in [3.05, 3.63) is 54.3 Å². The predicted molar refractivity (Wildman–Crippen MR) is 152 cm³/mol. The van der Waals surface area contributed by atoms with Gasteiger partial charge in [0.2, 0.25) is 0 Å². The Morgan fingerprint density at radius 2 is 1.82 bits per heavy atom. The number of hydrogen-bond acceptors (Lipinski definition) is 9. The maximum atomic E-state index is 11.0. The van der Waals surface area contributed by atoms with Gasteiger partial charge in [-0.25, -0.2) is 4.79 Å². The largest absolute Gasteiger partial charge is 0.491 e. The van der Waals surface area contributed by atoms with E-state index < -0.39 is 30.4 Å². The van der Waals surface area contributed by atoms with E-state index in [4.69, 9.17) is 13.9 Å². The Bertz CT molecular complexity index is 1200. The van der Waals surface area contributed by atoms with Crippen LogP contribution in [0.5, 0.6) is 5.75 Å². The van der Waals surface area contributed by atoms with Gasteiger partial charge in [-0.05, 0) is 67.5 Å². The third kappa shape index (κ3) is 9.19. The standard InChI is InChI=1S/C30H40O8S/c1-4-6-7-9-22-14-19(3)30(38-22)28-15-20-11-12-21(16-27(20)39-28)37-18-26(34)25(33)17-24(32)23(31)10-8-13-36-29(35)5-2/h5,11-12,14-16,23-26,31-34H,2,4,6-10,13,17-18H2,1,3H3. The summed E-state index contributed by atoms with van der Waals surface area (Å²) in [6.07, 6.45) is 0.820. The number of unbranched alkanes of at least 4 members (excludes halogenated alkanes) is 2. The van der Waals surface area contributed by atoms with Gasteiger partial charge >= 0.3 is 5.97 Å². The molecule has 39 heavy (non-hydrogen) atoms. The van der Waals surface area contributed by atoms with Crippen LogP contribution in [0.25, 0.3) is 20.7 Å². The molecule has 9 heteroatoms. The number of aryl methyl sites for hydroxylation is 2. The molecule has 0 saturated carbocycles. The summed E-state index contributed by atoms with van der Waals surface area (Å²) in [5, 5.41) is 42.0. The first kappa shape index (κ1) is 30.8. The number of carbonyl (C=O) groups excluding carboxylic acids is 1. The SMILES string of the molecule is C=CC(=O)OCCCC(O)C(O)CC(O)C(O)COc1ccc2cc(-c3oc(CCCCC)cc3C)sc2c1. The molecule has 0 amide bonds. The molecule has 0 spiro atoms. The fourth-order valence-electron chi connectivity index (χ4n) is 4.25. The summed E-state index contributed by atoms with van der Waals surface area (Å²) in [5.41, 5.74) is 1.12. The molecule has 0 aliphatic carbocycles. The minimum absolute atomic E-state index is 0.0882. The highest BCUT2D eigenvalue weighted by Crippen LogP contribution is 2.38. The smallest absolute Gasteiger partial charge is 0.330 e. The van der Waals surface area contributed by atoms with Crippen LogP contribution in [-0.2, 0) is 16.0 Å². The fourth-order valence-corrected chi connectivity index (χ4v) is 5.39. The topological polar surface area (TPSA) is 130 Å². The number of ether oxygens (including phenoxy) is 2.